The van der Waals surface area contributed by atoms with Crippen molar-refractivity contribution in [2.45, 2.75) is 18.4 Å². The van der Waals surface area contributed by atoms with E-state index in [0.29, 0.717) is 0 Å². The second-order valence-electron chi connectivity index (χ2n) is 4.74. The molecule has 4 rings (SSSR count). The van der Waals surface area contributed by atoms with E-state index in [1.54, 1.807) is 0 Å². The lowest BCUT2D eigenvalue weighted by Crippen LogP contribution is -2.03. The first-order valence-electron chi connectivity index (χ1n) is 6.33. The molecule has 0 bridgehead atoms. The van der Waals surface area contributed by atoms with Crippen LogP contribution >= 0.6 is 11.8 Å². The number of hydrogen-bond donors (Lipinski definition) is 0. The molecule has 2 aromatic heterocycles. The van der Waals surface area contributed by atoms with Crippen molar-refractivity contribution in [2.24, 2.45) is 0 Å². The quantitative estimate of drug-likeness (QED) is 0.676. The minimum absolute atomic E-state index is 1.01. The maximum atomic E-state index is 4.80. The molecule has 3 nitrogen and oxygen atoms in total. The number of imidazole rings is 1. The molecule has 94 valence electrons. The van der Waals surface area contributed by atoms with Crippen LogP contribution in [0.25, 0.3) is 16.6 Å². The summed E-state index contributed by atoms with van der Waals surface area (Å²) in [4.78, 5) is 9.16. The Morgan fingerprint density at radius 3 is 2.95 bits per heavy atom. The fourth-order valence-corrected chi connectivity index (χ4v) is 3.74. The van der Waals surface area contributed by atoms with Crippen molar-refractivity contribution >= 4 is 22.7 Å². The molecule has 3 aromatic rings. The molecule has 0 N–H and O–H groups in total. The Kier molecular flexibility index (Phi) is 2.38. The number of pyridine rings is 1. The van der Waals surface area contributed by atoms with Crippen LogP contribution in [0.1, 0.15) is 17.1 Å². The van der Waals surface area contributed by atoms with Gasteiger partial charge < -0.3 is 4.57 Å². The smallest absolute Gasteiger partial charge is 0.110 e. The standard InChI is InChI=1S/C15H13N3S/c1-10-16-6-7-18(10)15-11-4-2-3-5-13(11)17-14-9-19-8-12(14)15/h2-7H,8-9H2,1H3. The van der Waals surface area contributed by atoms with Crippen molar-refractivity contribution in [1.29, 1.82) is 0 Å². The van der Waals surface area contributed by atoms with Crippen LogP contribution in [0.4, 0.5) is 0 Å². The van der Waals surface area contributed by atoms with Crippen LogP contribution in [-0.2, 0) is 11.5 Å². The molecule has 0 fully saturated rings. The summed E-state index contributed by atoms with van der Waals surface area (Å²) < 4.78 is 2.19. The van der Waals surface area contributed by atoms with Gasteiger partial charge >= 0.3 is 0 Å². The highest BCUT2D eigenvalue weighted by Crippen LogP contribution is 2.37. The van der Waals surface area contributed by atoms with Crippen molar-refractivity contribution in [3.63, 3.8) is 0 Å². The van der Waals surface area contributed by atoms with Crippen LogP contribution in [-0.4, -0.2) is 14.5 Å². The summed E-state index contributed by atoms with van der Waals surface area (Å²) >= 11 is 1.93. The van der Waals surface area contributed by atoms with E-state index in [4.69, 9.17) is 4.98 Å². The summed E-state index contributed by atoms with van der Waals surface area (Å²) in [5.41, 5.74) is 4.93. The first-order valence-corrected chi connectivity index (χ1v) is 7.48. The largest absolute Gasteiger partial charge is 0.303 e. The van der Waals surface area contributed by atoms with Gasteiger partial charge in [0.2, 0.25) is 0 Å². The van der Waals surface area contributed by atoms with E-state index in [1.807, 2.05) is 37.1 Å². The molecule has 0 amide bonds. The van der Waals surface area contributed by atoms with Gasteiger partial charge in [-0.1, -0.05) is 18.2 Å². The first-order chi connectivity index (χ1) is 9.34. The molecule has 0 saturated carbocycles. The Balaban J connectivity index is 2.16. The van der Waals surface area contributed by atoms with E-state index in [2.05, 4.69) is 27.8 Å². The first kappa shape index (κ1) is 11.1. The number of rotatable bonds is 1. The zero-order valence-electron chi connectivity index (χ0n) is 10.6. The molecular formula is C15H13N3S. The van der Waals surface area contributed by atoms with E-state index in [9.17, 15) is 0 Å². The summed E-state index contributed by atoms with van der Waals surface area (Å²) in [7, 11) is 0. The van der Waals surface area contributed by atoms with Gasteiger partial charge in [0.1, 0.15) is 5.82 Å². The number of hydrogen-bond acceptors (Lipinski definition) is 3. The number of aryl methyl sites for hydroxylation is 1. The Morgan fingerprint density at radius 2 is 2.11 bits per heavy atom. The molecule has 0 aliphatic carbocycles. The number of para-hydroxylation sites is 1. The minimum atomic E-state index is 1.01. The molecule has 0 radical (unpaired) electrons. The van der Waals surface area contributed by atoms with Gasteiger partial charge in [-0.05, 0) is 13.0 Å². The van der Waals surface area contributed by atoms with Gasteiger partial charge in [0.25, 0.3) is 0 Å². The normalized spacial score (nSPS) is 13.9. The zero-order chi connectivity index (χ0) is 12.8. The summed E-state index contributed by atoms with van der Waals surface area (Å²) in [5.74, 6) is 3.08. The SMILES string of the molecule is Cc1nccn1-c1c2c(nc3ccccc13)CSC2. The van der Waals surface area contributed by atoms with Gasteiger partial charge in [-0.3, -0.25) is 4.98 Å². The predicted octanol–water partition coefficient (Wildman–Crippen LogP) is 3.48. The van der Waals surface area contributed by atoms with Gasteiger partial charge in [0.05, 0.1) is 16.9 Å². The average molecular weight is 267 g/mol. The minimum Gasteiger partial charge on any atom is -0.303 e. The maximum Gasteiger partial charge on any atom is 0.110 e. The van der Waals surface area contributed by atoms with Crippen LogP contribution < -0.4 is 0 Å². The van der Waals surface area contributed by atoms with Crippen LogP contribution in [0.2, 0.25) is 0 Å². The van der Waals surface area contributed by atoms with Gasteiger partial charge in [-0.2, -0.15) is 11.8 Å². The van der Waals surface area contributed by atoms with Gasteiger partial charge in [-0.15, -0.1) is 0 Å². The van der Waals surface area contributed by atoms with Crippen molar-refractivity contribution in [3.05, 3.63) is 53.7 Å². The number of benzene rings is 1. The third kappa shape index (κ3) is 1.60. The zero-order valence-corrected chi connectivity index (χ0v) is 11.4. The topological polar surface area (TPSA) is 30.7 Å². The third-order valence-electron chi connectivity index (χ3n) is 3.60. The van der Waals surface area contributed by atoms with Crippen molar-refractivity contribution in [2.75, 3.05) is 0 Å². The highest BCUT2D eigenvalue weighted by molar-refractivity contribution is 7.98. The fraction of sp³-hybridized carbons (Fsp3) is 0.200. The monoisotopic (exact) mass is 267 g/mol. The second-order valence-corrected chi connectivity index (χ2v) is 5.73. The molecule has 1 aromatic carbocycles. The van der Waals surface area contributed by atoms with Crippen LogP contribution in [0, 0.1) is 6.92 Å². The number of aromatic nitrogens is 3. The van der Waals surface area contributed by atoms with E-state index in [1.165, 1.54) is 22.3 Å². The van der Waals surface area contributed by atoms with Gasteiger partial charge in [0, 0.05) is 34.8 Å². The molecule has 0 atom stereocenters. The Bertz CT molecular complexity index is 776. The van der Waals surface area contributed by atoms with E-state index < -0.39 is 0 Å². The summed E-state index contributed by atoms with van der Waals surface area (Å²) in [6.07, 6.45) is 3.90. The Morgan fingerprint density at radius 1 is 1.21 bits per heavy atom. The molecule has 3 heterocycles. The molecule has 19 heavy (non-hydrogen) atoms. The van der Waals surface area contributed by atoms with E-state index in [0.717, 1.165) is 22.8 Å². The second kappa shape index (κ2) is 4.10. The van der Waals surface area contributed by atoms with Crippen LogP contribution in [0.15, 0.2) is 36.7 Å². The van der Waals surface area contributed by atoms with Gasteiger partial charge in [-0.25, -0.2) is 4.98 Å². The highest BCUT2D eigenvalue weighted by atomic mass is 32.2. The Labute approximate surface area is 115 Å². The number of nitrogens with zero attached hydrogens (tertiary/aromatic N) is 3. The molecule has 0 saturated heterocycles. The van der Waals surface area contributed by atoms with E-state index >= 15 is 0 Å². The molecule has 1 aliphatic rings. The lowest BCUT2D eigenvalue weighted by molar-refractivity contribution is 0.963. The third-order valence-corrected chi connectivity index (χ3v) is 4.57. The van der Waals surface area contributed by atoms with Crippen molar-refractivity contribution in [1.82, 2.24) is 14.5 Å². The lowest BCUT2D eigenvalue weighted by atomic mass is 10.1. The number of thioether (sulfide) groups is 1. The summed E-state index contributed by atoms with van der Waals surface area (Å²) in [6, 6.07) is 8.37. The molecule has 4 heteroatoms. The fourth-order valence-electron chi connectivity index (χ4n) is 2.69. The summed E-state index contributed by atoms with van der Waals surface area (Å²) in [5, 5.41) is 1.21. The summed E-state index contributed by atoms with van der Waals surface area (Å²) in [6.45, 7) is 2.05. The van der Waals surface area contributed by atoms with Crippen LogP contribution in [0.3, 0.4) is 0 Å². The van der Waals surface area contributed by atoms with Crippen molar-refractivity contribution < 1.29 is 0 Å². The van der Waals surface area contributed by atoms with Gasteiger partial charge in [0.15, 0.2) is 0 Å². The Hall–Kier alpha value is -1.81. The average Bonchev–Trinajstić information content (AvgIpc) is 3.04. The molecule has 0 spiro atoms. The molecule has 1 aliphatic heterocycles. The lowest BCUT2D eigenvalue weighted by Gasteiger charge is -2.14. The van der Waals surface area contributed by atoms with E-state index in [-0.39, 0.29) is 0 Å². The highest BCUT2D eigenvalue weighted by Gasteiger charge is 2.21. The maximum absolute atomic E-state index is 4.80. The molecular weight excluding hydrogens is 254 g/mol. The number of fused-ring (bicyclic) bond motifs is 2. The van der Waals surface area contributed by atoms with Crippen molar-refractivity contribution in [3.8, 4) is 5.69 Å². The molecule has 0 unspecified atom stereocenters. The predicted molar refractivity (Wildman–Crippen MR) is 78.6 cm³/mol. The van der Waals surface area contributed by atoms with Crippen LogP contribution in [0.5, 0.6) is 0 Å².